The molecule has 1 atom stereocenters. The van der Waals surface area contributed by atoms with Crippen LogP contribution < -0.4 is 4.74 Å². The molecular formula is C20H19Cl2N3O3. The van der Waals surface area contributed by atoms with Crippen molar-refractivity contribution in [1.82, 2.24) is 15.0 Å². The molecule has 1 amide bonds. The first-order chi connectivity index (χ1) is 13.3. The molecule has 0 N–H and O–H groups in total. The number of benzene rings is 2. The van der Waals surface area contributed by atoms with Gasteiger partial charge in [0.15, 0.2) is 6.10 Å². The number of amides is 1. The SMILES string of the molecule is Cc1cc(O[C@H](C)C(=O)N(C)Cc2nc(-c3ccccc3Cl)no2)ccc1Cl. The molecule has 146 valence electrons. The van der Waals surface area contributed by atoms with E-state index in [9.17, 15) is 4.79 Å². The first-order valence-electron chi connectivity index (χ1n) is 8.60. The van der Waals surface area contributed by atoms with Crippen LogP contribution >= 0.6 is 23.2 Å². The summed E-state index contributed by atoms with van der Waals surface area (Å²) >= 11 is 12.2. The van der Waals surface area contributed by atoms with Crippen molar-refractivity contribution in [2.45, 2.75) is 26.5 Å². The second kappa shape index (κ2) is 8.63. The fourth-order valence-electron chi connectivity index (χ4n) is 2.61. The van der Waals surface area contributed by atoms with E-state index in [-0.39, 0.29) is 12.5 Å². The van der Waals surface area contributed by atoms with Crippen LogP contribution in [0.5, 0.6) is 5.75 Å². The molecule has 0 aliphatic heterocycles. The number of carbonyl (C=O) groups is 1. The minimum absolute atomic E-state index is 0.156. The van der Waals surface area contributed by atoms with Crippen LogP contribution in [0.15, 0.2) is 47.0 Å². The van der Waals surface area contributed by atoms with Crippen molar-refractivity contribution in [3.8, 4) is 17.1 Å². The Balaban J connectivity index is 1.64. The molecule has 0 saturated carbocycles. The molecule has 0 fully saturated rings. The summed E-state index contributed by atoms with van der Waals surface area (Å²) in [4.78, 5) is 18.4. The average molecular weight is 420 g/mol. The monoisotopic (exact) mass is 419 g/mol. The first kappa shape index (κ1) is 20.2. The molecule has 0 unspecified atom stereocenters. The Morgan fingerprint density at radius 2 is 1.96 bits per heavy atom. The second-order valence-electron chi connectivity index (χ2n) is 6.36. The van der Waals surface area contributed by atoms with Crippen molar-refractivity contribution in [1.29, 1.82) is 0 Å². The van der Waals surface area contributed by atoms with Gasteiger partial charge >= 0.3 is 0 Å². The summed E-state index contributed by atoms with van der Waals surface area (Å²) in [6.45, 7) is 3.72. The van der Waals surface area contributed by atoms with Gasteiger partial charge in [-0.25, -0.2) is 0 Å². The lowest BCUT2D eigenvalue weighted by atomic mass is 10.2. The van der Waals surface area contributed by atoms with Crippen molar-refractivity contribution in [3.05, 3.63) is 64.0 Å². The number of hydrogen-bond acceptors (Lipinski definition) is 5. The van der Waals surface area contributed by atoms with Gasteiger partial charge < -0.3 is 14.2 Å². The number of aryl methyl sites for hydroxylation is 1. The van der Waals surface area contributed by atoms with Gasteiger partial charge in [0.1, 0.15) is 5.75 Å². The highest BCUT2D eigenvalue weighted by Crippen LogP contribution is 2.25. The number of hydrogen-bond donors (Lipinski definition) is 0. The smallest absolute Gasteiger partial charge is 0.263 e. The number of carbonyl (C=O) groups excluding carboxylic acids is 1. The minimum atomic E-state index is -0.684. The van der Waals surface area contributed by atoms with E-state index in [1.165, 1.54) is 4.90 Å². The third-order valence-electron chi connectivity index (χ3n) is 4.12. The highest BCUT2D eigenvalue weighted by Gasteiger charge is 2.22. The van der Waals surface area contributed by atoms with Gasteiger partial charge in [0.2, 0.25) is 11.7 Å². The van der Waals surface area contributed by atoms with E-state index >= 15 is 0 Å². The molecule has 6 nitrogen and oxygen atoms in total. The molecule has 0 saturated heterocycles. The van der Waals surface area contributed by atoms with Gasteiger partial charge in [0.25, 0.3) is 5.91 Å². The molecule has 28 heavy (non-hydrogen) atoms. The van der Waals surface area contributed by atoms with Crippen molar-refractivity contribution in [2.75, 3.05) is 7.05 Å². The molecule has 2 aromatic carbocycles. The highest BCUT2D eigenvalue weighted by atomic mass is 35.5. The number of nitrogens with zero attached hydrogens (tertiary/aromatic N) is 3. The van der Waals surface area contributed by atoms with Crippen LogP contribution in [-0.2, 0) is 11.3 Å². The Morgan fingerprint density at radius 1 is 1.21 bits per heavy atom. The van der Waals surface area contributed by atoms with Crippen LogP contribution in [-0.4, -0.2) is 34.1 Å². The average Bonchev–Trinajstić information content (AvgIpc) is 3.12. The quantitative estimate of drug-likeness (QED) is 0.574. The van der Waals surface area contributed by atoms with Crippen LogP contribution in [0.1, 0.15) is 18.4 Å². The normalized spacial score (nSPS) is 11.9. The topological polar surface area (TPSA) is 68.5 Å². The van der Waals surface area contributed by atoms with Gasteiger partial charge in [-0.1, -0.05) is 40.5 Å². The highest BCUT2D eigenvalue weighted by molar-refractivity contribution is 6.33. The molecule has 0 aliphatic rings. The Morgan fingerprint density at radius 3 is 2.68 bits per heavy atom. The number of ether oxygens (including phenoxy) is 1. The standard InChI is InChI=1S/C20H19Cl2N3O3/c1-12-10-14(8-9-16(12)21)27-13(2)20(26)25(3)11-18-23-19(24-28-18)15-6-4-5-7-17(15)22/h4-10,13H,11H2,1-3H3/t13-/m1/s1. The Labute approximate surface area is 173 Å². The van der Waals surface area contributed by atoms with Crippen LogP contribution in [0.2, 0.25) is 10.0 Å². The van der Waals surface area contributed by atoms with Crippen molar-refractivity contribution < 1.29 is 14.1 Å². The Kier molecular flexibility index (Phi) is 6.21. The maximum atomic E-state index is 12.6. The van der Waals surface area contributed by atoms with E-state index < -0.39 is 6.10 Å². The van der Waals surface area contributed by atoms with E-state index in [1.807, 2.05) is 19.1 Å². The summed E-state index contributed by atoms with van der Waals surface area (Å²) in [6.07, 6.45) is -0.684. The Bertz CT molecular complexity index is 990. The molecule has 0 spiro atoms. The molecule has 3 aromatic rings. The van der Waals surface area contributed by atoms with E-state index in [1.54, 1.807) is 44.3 Å². The van der Waals surface area contributed by atoms with Crippen LogP contribution in [0.4, 0.5) is 0 Å². The van der Waals surface area contributed by atoms with Gasteiger partial charge in [-0.3, -0.25) is 4.79 Å². The maximum Gasteiger partial charge on any atom is 0.263 e. The van der Waals surface area contributed by atoms with Crippen LogP contribution in [0.3, 0.4) is 0 Å². The minimum Gasteiger partial charge on any atom is -0.481 e. The van der Waals surface area contributed by atoms with Crippen molar-refractivity contribution >= 4 is 29.1 Å². The molecule has 1 heterocycles. The summed E-state index contributed by atoms with van der Waals surface area (Å²) < 4.78 is 11.0. The summed E-state index contributed by atoms with van der Waals surface area (Å²) in [5, 5.41) is 5.11. The number of rotatable bonds is 6. The van der Waals surface area contributed by atoms with Gasteiger partial charge in [-0.05, 0) is 49.7 Å². The summed E-state index contributed by atoms with van der Waals surface area (Å²) in [5.41, 5.74) is 1.55. The molecule has 8 heteroatoms. The lowest BCUT2D eigenvalue weighted by Crippen LogP contribution is -2.37. The zero-order valence-corrected chi connectivity index (χ0v) is 17.2. The molecular weight excluding hydrogens is 401 g/mol. The van der Waals surface area contributed by atoms with E-state index in [0.29, 0.717) is 33.1 Å². The molecule has 0 aliphatic carbocycles. The predicted octanol–water partition coefficient (Wildman–Crippen LogP) is 4.78. The number of likely N-dealkylation sites (N-methyl/N-ethyl adjacent to an activating group) is 1. The van der Waals surface area contributed by atoms with Crippen LogP contribution in [0, 0.1) is 6.92 Å². The summed E-state index contributed by atoms with van der Waals surface area (Å²) in [7, 11) is 1.65. The predicted molar refractivity (Wildman–Crippen MR) is 107 cm³/mol. The third-order valence-corrected chi connectivity index (χ3v) is 4.88. The third kappa shape index (κ3) is 4.64. The van der Waals surface area contributed by atoms with Crippen molar-refractivity contribution in [2.24, 2.45) is 0 Å². The van der Waals surface area contributed by atoms with Crippen molar-refractivity contribution in [3.63, 3.8) is 0 Å². The fraction of sp³-hybridized carbons (Fsp3) is 0.250. The van der Waals surface area contributed by atoms with E-state index in [2.05, 4.69) is 10.1 Å². The Hall–Kier alpha value is -2.57. The van der Waals surface area contributed by atoms with Crippen LogP contribution in [0.25, 0.3) is 11.4 Å². The van der Waals surface area contributed by atoms with E-state index in [4.69, 9.17) is 32.5 Å². The molecule has 1 aromatic heterocycles. The second-order valence-corrected chi connectivity index (χ2v) is 7.17. The fourth-order valence-corrected chi connectivity index (χ4v) is 2.95. The lowest BCUT2D eigenvalue weighted by Gasteiger charge is -2.21. The van der Waals surface area contributed by atoms with Gasteiger partial charge in [-0.15, -0.1) is 0 Å². The van der Waals surface area contributed by atoms with Gasteiger partial charge in [0, 0.05) is 17.6 Å². The number of halogens is 2. The van der Waals surface area contributed by atoms with Gasteiger partial charge in [0.05, 0.1) is 11.6 Å². The zero-order valence-electron chi connectivity index (χ0n) is 15.6. The molecule has 3 rings (SSSR count). The largest absolute Gasteiger partial charge is 0.481 e. The first-order valence-corrected chi connectivity index (χ1v) is 9.36. The van der Waals surface area contributed by atoms with E-state index in [0.717, 1.165) is 5.56 Å². The lowest BCUT2D eigenvalue weighted by molar-refractivity contribution is -0.137. The number of aromatic nitrogens is 2. The van der Waals surface area contributed by atoms with Gasteiger partial charge in [-0.2, -0.15) is 4.98 Å². The molecule has 0 bridgehead atoms. The summed E-state index contributed by atoms with van der Waals surface area (Å²) in [5.74, 6) is 1.04. The molecule has 0 radical (unpaired) electrons. The zero-order chi connectivity index (χ0) is 20.3. The maximum absolute atomic E-state index is 12.6. The summed E-state index contributed by atoms with van der Waals surface area (Å²) in [6, 6.07) is 12.5.